The van der Waals surface area contributed by atoms with E-state index in [-0.39, 0.29) is 5.91 Å². The molecule has 1 amide bonds. The summed E-state index contributed by atoms with van der Waals surface area (Å²) < 4.78 is 0. The summed E-state index contributed by atoms with van der Waals surface area (Å²) in [4.78, 5) is 15.7. The Morgan fingerprint density at radius 3 is 2.76 bits per heavy atom. The summed E-state index contributed by atoms with van der Waals surface area (Å²) in [6, 6.07) is 4.22. The summed E-state index contributed by atoms with van der Waals surface area (Å²) in [6.45, 7) is 7.02. The van der Waals surface area contributed by atoms with Crippen LogP contribution in [-0.4, -0.2) is 23.5 Å². The Bertz CT molecular complexity index is 346. The van der Waals surface area contributed by atoms with Crippen molar-refractivity contribution >= 4 is 11.7 Å². The number of rotatable bonds is 6. The van der Waals surface area contributed by atoms with E-state index >= 15 is 0 Å². The zero-order chi connectivity index (χ0) is 12.7. The Morgan fingerprint density at radius 1 is 1.41 bits per heavy atom. The molecule has 4 nitrogen and oxygen atoms in total. The van der Waals surface area contributed by atoms with Gasteiger partial charge in [0.2, 0.25) is 5.91 Å². The predicted octanol–water partition coefficient (Wildman–Crippen LogP) is 2.11. The van der Waals surface area contributed by atoms with Crippen LogP contribution in [0.1, 0.15) is 32.3 Å². The third kappa shape index (κ3) is 6.02. The zero-order valence-electron chi connectivity index (χ0n) is 10.8. The van der Waals surface area contributed by atoms with Crippen molar-refractivity contribution in [2.24, 2.45) is 0 Å². The molecular formula is C13H21N3O. The van der Waals surface area contributed by atoms with Gasteiger partial charge in [0.15, 0.2) is 0 Å². The van der Waals surface area contributed by atoms with Crippen molar-refractivity contribution in [3.8, 4) is 0 Å². The minimum Gasteiger partial charge on any atom is -0.315 e. The van der Waals surface area contributed by atoms with Crippen LogP contribution in [0.25, 0.3) is 0 Å². The third-order valence-corrected chi connectivity index (χ3v) is 2.31. The normalized spacial score (nSPS) is 10.6. The van der Waals surface area contributed by atoms with Gasteiger partial charge in [-0.2, -0.15) is 0 Å². The van der Waals surface area contributed by atoms with Crippen LogP contribution in [0.2, 0.25) is 0 Å². The minimum atomic E-state index is 0.0203. The van der Waals surface area contributed by atoms with Gasteiger partial charge in [0.1, 0.15) is 5.82 Å². The first kappa shape index (κ1) is 13.6. The second-order valence-corrected chi connectivity index (χ2v) is 4.48. The smallest absolute Gasteiger partial charge is 0.225 e. The fourth-order valence-corrected chi connectivity index (χ4v) is 1.39. The molecule has 0 radical (unpaired) electrons. The van der Waals surface area contributed by atoms with Gasteiger partial charge < -0.3 is 10.6 Å². The molecule has 0 unspecified atom stereocenters. The molecule has 1 aromatic rings. The molecule has 0 spiro atoms. The van der Waals surface area contributed by atoms with Crippen LogP contribution in [0.15, 0.2) is 18.3 Å². The Morgan fingerprint density at radius 2 is 2.18 bits per heavy atom. The first-order chi connectivity index (χ1) is 8.08. The van der Waals surface area contributed by atoms with Gasteiger partial charge in [-0.15, -0.1) is 0 Å². The first-order valence-corrected chi connectivity index (χ1v) is 6.04. The molecule has 0 aliphatic heterocycles. The summed E-state index contributed by atoms with van der Waals surface area (Å²) in [5.41, 5.74) is 1.09. The van der Waals surface area contributed by atoms with Crippen molar-refractivity contribution in [1.29, 1.82) is 0 Å². The maximum absolute atomic E-state index is 11.6. The first-order valence-electron chi connectivity index (χ1n) is 6.04. The molecule has 0 atom stereocenters. The lowest BCUT2D eigenvalue weighted by Gasteiger charge is -2.08. The van der Waals surface area contributed by atoms with E-state index in [0.29, 0.717) is 18.3 Å². The fraction of sp³-hybridized carbons (Fsp3) is 0.538. The Balaban J connectivity index is 2.23. The van der Waals surface area contributed by atoms with E-state index in [1.807, 2.05) is 19.1 Å². The van der Waals surface area contributed by atoms with E-state index in [2.05, 4.69) is 29.5 Å². The van der Waals surface area contributed by atoms with Gasteiger partial charge in [0.05, 0.1) is 0 Å². The largest absolute Gasteiger partial charge is 0.315 e. The van der Waals surface area contributed by atoms with Gasteiger partial charge >= 0.3 is 0 Å². The molecule has 1 aromatic heterocycles. The third-order valence-electron chi connectivity index (χ3n) is 2.31. The second kappa shape index (κ2) is 7.01. The number of anilines is 1. The van der Waals surface area contributed by atoms with Gasteiger partial charge in [-0.25, -0.2) is 4.98 Å². The van der Waals surface area contributed by atoms with E-state index in [0.717, 1.165) is 18.5 Å². The van der Waals surface area contributed by atoms with Crippen molar-refractivity contribution in [3.05, 3.63) is 23.9 Å². The van der Waals surface area contributed by atoms with Crippen molar-refractivity contribution in [2.75, 3.05) is 11.9 Å². The topological polar surface area (TPSA) is 54.0 Å². The molecule has 0 aromatic carbocycles. The summed E-state index contributed by atoms with van der Waals surface area (Å²) in [6.07, 6.45) is 3.11. The number of aryl methyl sites for hydroxylation is 1. The van der Waals surface area contributed by atoms with Gasteiger partial charge in [0.25, 0.3) is 0 Å². The van der Waals surface area contributed by atoms with Crippen LogP contribution in [0.4, 0.5) is 5.82 Å². The van der Waals surface area contributed by atoms with E-state index in [1.54, 1.807) is 6.20 Å². The quantitative estimate of drug-likeness (QED) is 0.742. The number of amides is 1. The van der Waals surface area contributed by atoms with Crippen LogP contribution in [-0.2, 0) is 4.79 Å². The van der Waals surface area contributed by atoms with Gasteiger partial charge in [-0.1, -0.05) is 19.9 Å². The summed E-state index contributed by atoms with van der Waals surface area (Å²) in [5, 5.41) is 6.06. The van der Waals surface area contributed by atoms with E-state index < -0.39 is 0 Å². The molecule has 4 heteroatoms. The molecule has 0 saturated carbocycles. The lowest BCUT2D eigenvalue weighted by Crippen LogP contribution is -2.24. The summed E-state index contributed by atoms with van der Waals surface area (Å²) in [5.74, 6) is 0.643. The van der Waals surface area contributed by atoms with Crippen LogP contribution in [0, 0.1) is 6.92 Å². The monoisotopic (exact) mass is 235 g/mol. The maximum atomic E-state index is 11.6. The second-order valence-electron chi connectivity index (χ2n) is 4.48. The molecule has 94 valence electrons. The standard InChI is InChI=1S/C13H21N3O/c1-10(2)14-8-4-5-13(17)16-12-7-6-11(3)9-15-12/h6-7,9-10,14H,4-5,8H2,1-3H3,(H,15,16,17). The molecule has 0 aliphatic carbocycles. The van der Waals surface area contributed by atoms with Crippen molar-refractivity contribution in [2.45, 2.75) is 39.7 Å². The highest BCUT2D eigenvalue weighted by atomic mass is 16.1. The van der Waals surface area contributed by atoms with Gasteiger partial charge in [0, 0.05) is 18.7 Å². The van der Waals surface area contributed by atoms with Crippen LogP contribution in [0.3, 0.4) is 0 Å². The van der Waals surface area contributed by atoms with Crippen LogP contribution < -0.4 is 10.6 Å². The Kier molecular flexibility index (Phi) is 5.63. The maximum Gasteiger partial charge on any atom is 0.225 e. The average Bonchev–Trinajstić information content (AvgIpc) is 2.27. The fourth-order valence-electron chi connectivity index (χ4n) is 1.39. The molecule has 2 N–H and O–H groups in total. The van der Waals surface area contributed by atoms with Crippen molar-refractivity contribution < 1.29 is 4.79 Å². The van der Waals surface area contributed by atoms with Gasteiger partial charge in [-0.3, -0.25) is 4.79 Å². The van der Waals surface area contributed by atoms with Crippen LogP contribution >= 0.6 is 0 Å². The highest BCUT2D eigenvalue weighted by molar-refractivity contribution is 5.89. The molecule has 0 fully saturated rings. The van der Waals surface area contributed by atoms with Gasteiger partial charge in [-0.05, 0) is 31.5 Å². The average molecular weight is 235 g/mol. The number of carbonyl (C=O) groups excluding carboxylic acids is 1. The van der Waals surface area contributed by atoms with Crippen LogP contribution in [0.5, 0.6) is 0 Å². The highest BCUT2D eigenvalue weighted by Gasteiger charge is 2.02. The molecule has 0 bridgehead atoms. The summed E-state index contributed by atoms with van der Waals surface area (Å²) in [7, 11) is 0. The lowest BCUT2D eigenvalue weighted by atomic mass is 10.2. The number of hydrogen-bond acceptors (Lipinski definition) is 3. The van der Waals surface area contributed by atoms with E-state index in [4.69, 9.17) is 0 Å². The number of hydrogen-bond donors (Lipinski definition) is 2. The Hall–Kier alpha value is -1.42. The number of pyridine rings is 1. The molecule has 1 rings (SSSR count). The van der Waals surface area contributed by atoms with E-state index in [1.165, 1.54) is 0 Å². The number of nitrogens with one attached hydrogen (secondary N) is 2. The highest BCUT2D eigenvalue weighted by Crippen LogP contribution is 2.04. The number of aromatic nitrogens is 1. The number of carbonyl (C=O) groups is 1. The molecule has 0 saturated heterocycles. The predicted molar refractivity (Wildman–Crippen MR) is 70.0 cm³/mol. The number of nitrogens with zero attached hydrogens (tertiary/aromatic N) is 1. The molecular weight excluding hydrogens is 214 g/mol. The molecule has 0 aliphatic rings. The summed E-state index contributed by atoms with van der Waals surface area (Å²) >= 11 is 0. The van der Waals surface area contributed by atoms with Crippen molar-refractivity contribution in [3.63, 3.8) is 0 Å². The van der Waals surface area contributed by atoms with Crippen molar-refractivity contribution in [1.82, 2.24) is 10.3 Å². The molecule has 1 heterocycles. The Labute approximate surface area is 103 Å². The van der Waals surface area contributed by atoms with E-state index in [9.17, 15) is 4.79 Å². The molecule has 17 heavy (non-hydrogen) atoms. The lowest BCUT2D eigenvalue weighted by molar-refractivity contribution is -0.116. The zero-order valence-corrected chi connectivity index (χ0v) is 10.8. The SMILES string of the molecule is Cc1ccc(NC(=O)CCCNC(C)C)nc1. The minimum absolute atomic E-state index is 0.0203.